The summed E-state index contributed by atoms with van der Waals surface area (Å²) in [7, 11) is 0. The van der Waals surface area contributed by atoms with Crippen molar-refractivity contribution in [3.8, 4) is 11.5 Å². The second-order valence-electron chi connectivity index (χ2n) is 5.89. The van der Waals surface area contributed by atoms with Crippen LogP contribution < -0.4 is 20.5 Å². The molecule has 0 radical (unpaired) electrons. The molecule has 1 fully saturated rings. The summed E-state index contributed by atoms with van der Waals surface area (Å²) in [5.74, 6) is 2.31. The third-order valence-corrected chi connectivity index (χ3v) is 4.57. The van der Waals surface area contributed by atoms with Gasteiger partial charge in [-0.05, 0) is 49.9 Å². The maximum Gasteiger partial charge on any atom is 0.231 e. The van der Waals surface area contributed by atoms with E-state index in [1.54, 1.807) is 0 Å². The number of nitrogens with one attached hydrogen (secondary N) is 1. The van der Waals surface area contributed by atoms with Crippen molar-refractivity contribution < 1.29 is 9.47 Å². The lowest BCUT2D eigenvalue weighted by Crippen LogP contribution is -2.42. The topological polar surface area (TPSA) is 56.5 Å². The van der Waals surface area contributed by atoms with Crippen LogP contribution in [0.4, 0.5) is 0 Å². The number of ether oxygens (including phenoxy) is 2. The maximum atomic E-state index is 5.91. The third kappa shape index (κ3) is 2.76. The minimum Gasteiger partial charge on any atom is -0.454 e. The van der Waals surface area contributed by atoms with E-state index in [0.29, 0.717) is 24.8 Å². The average molecular weight is 276 g/mol. The molecule has 1 saturated carbocycles. The molecular weight excluding hydrogens is 252 g/mol. The van der Waals surface area contributed by atoms with E-state index in [9.17, 15) is 0 Å². The Kier molecular flexibility index (Phi) is 4.13. The first-order valence-corrected chi connectivity index (χ1v) is 7.63. The first-order valence-electron chi connectivity index (χ1n) is 7.63. The van der Waals surface area contributed by atoms with Gasteiger partial charge in [-0.25, -0.2) is 0 Å². The highest BCUT2D eigenvalue weighted by molar-refractivity contribution is 5.45. The van der Waals surface area contributed by atoms with Crippen LogP contribution in [0.25, 0.3) is 0 Å². The van der Waals surface area contributed by atoms with Crippen LogP contribution in [0.3, 0.4) is 0 Å². The smallest absolute Gasteiger partial charge is 0.231 e. The molecule has 110 valence electrons. The average Bonchev–Trinajstić information content (AvgIpc) is 2.95. The molecule has 0 aromatic heterocycles. The second kappa shape index (κ2) is 6.02. The van der Waals surface area contributed by atoms with Gasteiger partial charge in [-0.2, -0.15) is 0 Å². The molecule has 3 N–H and O–H groups in total. The number of hydrogen-bond acceptors (Lipinski definition) is 4. The Morgan fingerprint density at radius 3 is 2.90 bits per heavy atom. The summed E-state index contributed by atoms with van der Waals surface area (Å²) in [6.45, 7) is 3.32. The van der Waals surface area contributed by atoms with Crippen LogP contribution in [0.1, 0.15) is 44.2 Å². The Labute approximate surface area is 120 Å². The first kappa shape index (κ1) is 13.7. The summed E-state index contributed by atoms with van der Waals surface area (Å²) in [6, 6.07) is 7.04. The van der Waals surface area contributed by atoms with E-state index in [1.165, 1.54) is 31.2 Å². The number of nitrogens with two attached hydrogens (primary N) is 1. The molecule has 2 aliphatic rings. The molecule has 1 aliphatic heterocycles. The summed E-state index contributed by atoms with van der Waals surface area (Å²) in [4.78, 5) is 0. The Hall–Kier alpha value is -1.26. The molecule has 1 heterocycles. The lowest BCUT2D eigenvalue weighted by molar-refractivity contribution is 0.174. The Morgan fingerprint density at radius 1 is 1.25 bits per heavy atom. The fourth-order valence-corrected chi connectivity index (χ4v) is 3.31. The van der Waals surface area contributed by atoms with Gasteiger partial charge in [0.1, 0.15) is 0 Å². The van der Waals surface area contributed by atoms with E-state index in [-0.39, 0.29) is 0 Å². The van der Waals surface area contributed by atoms with E-state index < -0.39 is 0 Å². The molecular formula is C16H24N2O2. The standard InChI is InChI=1S/C16H24N2O2/c1-11(18-14-5-3-2-4-13(14)9-17)12-6-7-15-16(8-12)20-10-19-15/h6-8,11,13-14,18H,2-5,9-10,17H2,1H3. The molecule has 0 amide bonds. The lowest BCUT2D eigenvalue weighted by Gasteiger charge is -2.34. The van der Waals surface area contributed by atoms with Crippen LogP contribution >= 0.6 is 0 Å². The van der Waals surface area contributed by atoms with Crippen LogP contribution in [0, 0.1) is 5.92 Å². The summed E-state index contributed by atoms with van der Waals surface area (Å²) >= 11 is 0. The number of rotatable bonds is 4. The molecule has 1 aromatic rings. The summed E-state index contributed by atoms with van der Waals surface area (Å²) in [6.07, 6.45) is 5.11. The minimum atomic E-state index is 0.307. The van der Waals surface area contributed by atoms with E-state index in [1.807, 2.05) is 6.07 Å². The van der Waals surface area contributed by atoms with Crippen molar-refractivity contribution in [2.45, 2.75) is 44.7 Å². The Bertz CT molecular complexity index is 464. The van der Waals surface area contributed by atoms with Crippen molar-refractivity contribution in [2.24, 2.45) is 11.7 Å². The monoisotopic (exact) mass is 276 g/mol. The molecule has 0 saturated heterocycles. The molecule has 0 bridgehead atoms. The minimum absolute atomic E-state index is 0.307. The van der Waals surface area contributed by atoms with Crippen molar-refractivity contribution in [3.63, 3.8) is 0 Å². The summed E-state index contributed by atoms with van der Waals surface area (Å²) in [5.41, 5.74) is 7.15. The van der Waals surface area contributed by atoms with Gasteiger partial charge in [0.2, 0.25) is 6.79 Å². The Morgan fingerprint density at radius 2 is 2.05 bits per heavy atom. The predicted octanol–water partition coefficient (Wildman–Crippen LogP) is 2.58. The Balaban J connectivity index is 1.67. The molecule has 1 aromatic carbocycles. The first-order chi connectivity index (χ1) is 9.78. The van der Waals surface area contributed by atoms with E-state index in [0.717, 1.165) is 18.0 Å². The molecule has 3 rings (SSSR count). The van der Waals surface area contributed by atoms with Crippen LogP contribution in [-0.4, -0.2) is 19.4 Å². The molecule has 1 aliphatic carbocycles. The molecule has 4 nitrogen and oxygen atoms in total. The van der Waals surface area contributed by atoms with E-state index in [2.05, 4.69) is 24.4 Å². The molecule has 3 unspecified atom stereocenters. The highest BCUT2D eigenvalue weighted by atomic mass is 16.7. The van der Waals surface area contributed by atoms with Gasteiger partial charge in [-0.3, -0.25) is 0 Å². The van der Waals surface area contributed by atoms with Gasteiger partial charge in [-0.15, -0.1) is 0 Å². The molecule has 4 heteroatoms. The lowest BCUT2D eigenvalue weighted by atomic mass is 9.84. The largest absolute Gasteiger partial charge is 0.454 e. The predicted molar refractivity (Wildman–Crippen MR) is 78.9 cm³/mol. The van der Waals surface area contributed by atoms with Gasteiger partial charge in [0.15, 0.2) is 11.5 Å². The zero-order chi connectivity index (χ0) is 13.9. The summed E-state index contributed by atoms with van der Waals surface area (Å²) < 4.78 is 10.8. The zero-order valence-electron chi connectivity index (χ0n) is 12.1. The van der Waals surface area contributed by atoms with E-state index in [4.69, 9.17) is 15.2 Å². The molecule has 20 heavy (non-hydrogen) atoms. The number of hydrogen-bond donors (Lipinski definition) is 2. The second-order valence-corrected chi connectivity index (χ2v) is 5.89. The van der Waals surface area contributed by atoms with Gasteiger partial charge < -0.3 is 20.5 Å². The van der Waals surface area contributed by atoms with Gasteiger partial charge in [0.05, 0.1) is 0 Å². The van der Waals surface area contributed by atoms with Crippen molar-refractivity contribution in [1.29, 1.82) is 0 Å². The quantitative estimate of drug-likeness (QED) is 0.887. The van der Waals surface area contributed by atoms with Crippen molar-refractivity contribution in [2.75, 3.05) is 13.3 Å². The van der Waals surface area contributed by atoms with Gasteiger partial charge in [-0.1, -0.05) is 18.9 Å². The van der Waals surface area contributed by atoms with Crippen LogP contribution in [0.2, 0.25) is 0 Å². The zero-order valence-corrected chi connectivity index (χ0v) is 12.1. The van der Waals surface area contributed by atoms with Crippen molar-refractivity contribution in [1.82, 2.24) is 5.32 Å². The highest BCUT2D eigenvalue weighted by Gasteiger charge is 2.25. The maximum absolute atomic E-state index is 5.91. The third-order valence-electron chi connectivity index (χ3n) is 4.57. The van der Waals surface area contributed by atoms with Gasteiger partial charge in [0.25, 0.3) is 0 Å². The van der Waals surface area contributed by atoms with Crippen molar-refractivity contribution in [3.05, 3.63) is 23.8 Å². The van der Waals surface area contributed by atoms with Gasteiger partial charge >= 0.3 is 0 Å². The van der Waals surface area contributed by atoms with Crippen LogP contribution in [0.15, 0.2) is 18.2 Å². The van der Waals surface area contributed by atoms with Gasteiger partial charge in [0, 0.05) is 12.1 Å². The SMILES string of the molecule is CC(NC1CCCCC1CN)c1ccc2c(c1)OCO2. The normalized spacial score (nSPS) is 26.5. The molecule has 0 spiro atoms. The van der Waals surface area contributed by atoms with Crippen LogP contribution in [-0.2, 0) is 0 Å². The fourth-order valence-electron chi connectivity index (χ4n) is 3.31. The van der Waals surface area contributed by atoms with Crippen LogP contribution in [0.5, 0.6) is 11.5 Å². The van der Waals surface area contributed by atoms with E-state index >= 15 is 0 Å². The molecule has 3 atom stereocenters. The number of benzene rings is 1. The fraction of sp³-hybridized carbons (Fsp3) is 0.625. The summed E-state index contributed by atoms with van der Waals surface area (Å²) in [5, 5.41) is 3.75. The number of fused-ring (bicyclic) bond motifs is 1. The highest BCUT2D eigenvalue weighted by Crippen LogP contribution is 2.34. The van der Waals surface area contributed by atoms with Crippen molar-refractivity contribution >= 4 is 0 Å².